The van der Waals surface area contributed by atoms with E-state index in [0.717, 1.165) is 19.5 Å². The molecule has 62 valence electrons. The largest absolute Gasteiger partial charge is 0.306 e. The first-order valence-corrected chi connectivity index (χ1v) is 4.83. The number of aromatic nitrogens is 1. The Morgan fingerprint density at radius 1 is 1.64 bits per heavy atom. The summed E-state index contributed by atoms with van der Waals surface area (Å²) in [6.07, 6.45) is 1.08. The monoisotopic (exact) mass is 170 g/mol. The molecule has 0 spiro atoms. The molecule has 0 radical (unpaired) electrons. The van der Waals surface area contributed by atoms with E-state index in [1.807, 2.05) is 5.51 Å². The molecular weight excluding hydrogens is 156 g/mol. The van der Waals surface area contributed by atoms with E-state index in [1.54, 1.807) is 11.3 Å². The Bertz CT molecular complexity index is 184. The summed E-state index contributed by atoms with van der Waals surface area (Å²) in [5, 5.41) is 2.11. The van der Waals surface area contributed by atoms with Crippen LogP contribution in [0.4, 0.5) is 0 Å². The Morgan fingerprint density at radius 2 is 2.45 bits per heavy atom. The third-order valence-electron chi connectivity index (χ3n) is 1.77. The minimum absolute atomic E-state index is 1.08. The molecule has 0 aromatic carbocycles. The van der Waals surface area contributed by atoms with Crippen LogP contribution in [0.5, 0.6) is 0 Å². The minimum atomic E-state index is 1.08. The molecule has 0 unspecified atom stereocenters. The summed E-state index contributed by atoms with van der Waals surface area (Å²) >= 11 is 1.67. The molecule has 0 atom stereocenters. The second-order valence-corrected chi connectivity index (χ2v) is 3.34. The fourth-order valence-electron chi connectivity index (χ4n) is 0.825. The molecule has 0 N–H and O–H groups in total. The number of likely N-dealkylation sites (N-methyl/N-ethyl adjacent to an activating group) is 1. The molecule has 0 bridgehead atoms. The van der Waals surface area contributed by atoms with Gasteiger partial charge in [-0.1, -0.05) is 6.92 Å². The predicted molar refractivity (Wildman–Crippen MR) is 49.0 cm³/mol. The van der Waals surface area contributed by atoms with Crippen LogP contribution in [0.1, 0.15) is 12.6 Å². The summed E-state index contributed by atoms with van der Waals surface area (Å²) in [7, 11) is 2.13. The van der Waals surface area contributed by atoms with Crippen LogP contribution >= 0.6 is 11.3 Å². The summed E-state index contributed by atoms with van der Waals surface area (Å²) in [5.41, 5.74) is 3.11. The van der Waals surface area contributed by atoms with Crippen LogP contribution in [0, 0.1) is 0 Å². The fraction of sp³-hybridized carbons (Fsp3) is 0.625. The van der Waals surface area contributed by atoms with Gasteiger partial charge < -0.3 is 4.90 Å². The van der Waals surface area contributed by atoms with Crippen molar-refractivity contribution >= 4 is 11.3 Å². The van der Waals surface area contributed by atoms with E-state index < -0.39 is 0 Å². The molecular formula is C8H14N2S. The molecule has 0 fully saturated rings. The molecule has 3 heteroatoms. The van der Waals surface area contributed by atoms with E-state index in [-0.39, 0.29) is 0 Å². The zero-order chi connectivity index (χ0) is 8.10. The number of nitrogens with zero attached hydrogens (tertiary/aromatic N) is 2. The standard InChI is InChI=1S/C8H14N2S/c1-3-10(2)5-4-8-6-11-7-9-8/h6-7H,3-5H2,1-2H3. The van der Waals surface area contributed by atoms with Crippen LogP contribution in [-0.2, 0) is 6.42 Å². The van der Waals surface area contributed by atoms with Crippen molar-refractivity contribution in [3.8, 4) is 0 Å². The second kappa shape index (κ2) is 4.46. The smallest absolute Gasteiger partial charge is 0.0794 e. The van der Waals surface area contributed by atoms with Gasteiger partial charge in [-0.3, -0.25) is 0 Å². The lowest BCUT2D eigenvalue weighted by atomic mass is 10.3. The fourth-order valence-corrected chi connectivity index (χ4v) is 1.42. The van der Waals surface area contributed by atoms with Gasteiger partial charge in [0.2, 0.25) is 0 Å². The molecule has 11 heavy (non-hydrogen) atoms. The van der Waals surface area contributed by atoms with Gasteiger partial charge in [0.05, 0.1) is 11.2 Å². The molecule has 1 heterocycles. The summed E-state index contributed by atoms with van der Waals surface area (Å²) in [5.74, 6) is 0. The third kappa shape index (κ3) is 2.99. The first kappa shape index (κ1) is 8.68. The van der Waals surface area contributed by atoms with Gasteiger partial charge in [0.25, 0.3) is 0 Å². The van der Waals surface area contributed by atoms with Crippen molar-refractivity contribution in [2.45, 2.75) is 13.3 Å². The number of hydrogen-bond donors (Lipinski definition) is 0. The molecule has 0 saturated carbocycles. The van der Waals surface area contributed by atoms with Crippen LogP contribution in [0.25, 0.3) is 0 Å². The topological polar surface area (TPSA) is 16.1 Å². The Balaban J connectivity index is 2.23. The van der Waals surface area contributed by atoms with Gasteiger partial charge >= 0.3 is 0 Å². The third-order valence-corrected chi connectivity index (χ3v) is 2.41. The Morgan fingerprint density at radius 3 is 3.00 bits per heavy atom. The molecule has 1 aromatic heterocycles. The highest BCUT2D eigenvalue weighted by Gasteiger charge is 1.97. The maximum Gasteiger partial charge on any atom is 0.0794 e. The molecule has 0 aliphatic carbocycles. The highest BCUT2D eigenvalue weighted by molar-refractivity contribution is 7.07. The van der Waals surface area contributed by atoms with Crippen molar-refractivity contribution in [3.63, 3.8) is 0 Å². The van der Waals surface area contributed by atoms with E-state index in [2.05, 4.69) is 29.2 Å². The normalized spacial score (nSPS) is 10.8. The zero-order valence-corrected chi connectivity index (χ0v) is 7.90. The summed E-state index contributed by atoms with van der Waals surface area (Å²) in [6, 6.07) is 0. The first-order chi connectivity index (χ1) is 5.33. The second-order valence-electron chi connectivity index (χ2n) is 2.63. The highest BCUT2D eigenvalue weighted by atomic mass is 32.1. The van der Waals surface area contributed by atoms with Crippen LogP contribution in [0.2, 0.25) is 0 Å². The Hall–Kier alpha value is -0.410. The van der Waals surface area contributed by atoms with Gasteiger partial charge in [0.15, 0.2) is 0 Å². The van der Waals surface area contributed by atoms with Crippen molar-refractivity contribution < 1.29 is 0 Å². The minimum Gasteiger partial charge on any atom is -0.306 e. The molecule has 1 aromatic rings. The zero-order valence-electron chi connectivity index (χ0n) is 7.08. The van der Waals surface area contributed by atoms with Crippen molar-refractivity contribution in [3.05, 3.63) is 16.6 Å². The SMILES string of the molecule is CCN(C)CCc1cscn1. The van der Waals surface area contributed by atoms with Crippen LogP contribution in [-0.4, -0.2) is 30.0 Å². The maximum absolute atomic E-state index is 4.21. The molecule has 0 aliphatic heterocycles. The molecule has 0 aliphatic rings. The lowest BCUT2D eigenvalue weighted by molar-refractivity contribution is 0.356. The quantitative estimate of drug-likeness (QED) is 0.683. The van der Waals surface area contributed by atoms with Gasteiger partial charge in [-0.15, -0.1) is 11.3 Å². The Kier molecular flexibility index (Phi) is 3.52. The lowest BCUT2D eigenvalue weighted by Crippen LogP contribution is -2.20. The lowest BCUT2D eigenvalue weighted by Gasteiger charge is -2.11. The van der Waals surface area contributed by atoms with Crippen molar-refractivity contribution in [1.82, 2.24) is 9.88 Å². The highest BCUT2D eigenvalue weighted by Crippen LogP contribution is 2.01. The van der Waals surface area contributed by atoms with Crippen molar-refractivity contribution in [2.24, 2.45) is 0 Å². The van der Waals surface area contributed by atoms with Crippen molar-refractivity contribution in [1.29, 1.82) is 0 Å². The number of hydrogen-bond acceptors (Lipinski definition) is 3. The van der Waals surface area contributed by atoms with Crippen LogP contribution in [0.3, 0.4) is 0 Å². The van der Waals surface area contributed by atoms with Gasteiger partial charge in [0, 0.05) is 18.3 Å². The van der Waals surface area contributed by atoms with Crippen molar-refractivity contribution in [2.75, 3.05) is 20.1 Å². The molecule has 1 rings (SSSR count). The number of thiazole rings is 1. The summed E-state index contributed by atoms with van der Waals surface area (Å²) in [4.78, 5) is 6.51. The molecule has 0 saturated heterocycles. The molecule has 0 amide bonds. The number of rotatable bonds is 4. The van der Waals surface area contributed by atoms with E-state index in [4.69, 9.17) is 0 Å². The average molecular weight is 170 g/mol. The average Bonchev–Trinajstić information content (AvgIpc) is 2.52. The van der Waals surface area contributed by atoms with Crippen LogP contribution < -0.4 is 0 Å². The first-order valence-electron chi connectivity index (χ1n) is 3.88. The maximum atomic E-state index is 4.21. The van der Waals surface area contributed by atoms with E-state index in [1.165, 1.54) is 5.69 Å². The van der Waals surface area contributed by atoms with Gasteiger partial charge in [-0.25, -0.2) is 4.98 Å². The Labute approximate surface area is 71.9 Å². The van der Waals surface area contributed by atoms with E-state index in [0.29, 0.717) is 0 Å². The summed E-state index contributed by atoms with van der Waals surface area (Å²) < 4.78 is 0. The predicted octanol–water partition coefficient (Wildman–Crippen LogP) is 1.64. The van der Waals surface area contributed by atoms with Gasteiger partial charge in [-0.05, 0) is 13.6 Å². The summed E-state index contributed by atoms with van der Waals surface area (Å²) in [6.45, 7) is 4.39. The van der Waals surface area contributed by atoms with Gasteiger partial charge in [-0.2, -0.15) is 0 Å². The van der Waals surface area contributed by atoms with E-state index in [9.17, 15) is 0 Å². The van der Waals surface area contributed by atoms with Crippen LogP contribution in [0.15, 0.2) is 10.9 Å². The van der Waals surface area contributed by atoms with E-state index >= 15 is 0 Å². The molecule has 2 nitrogen and oxygen atoms in total. The van der Waals surface area contributed by atoms with Gasteiger partial charge in [0.1, 0.15) is 0 Å².